The van der Waals surface area contributed by atoms with Crippen LogP contribution in [0.1, 0.15) is 50.9 Å². The summed E-state index contributed by atoms with van der Waals surface area (Å²) in [6, 6.07) is 4.38. The zero-order valence-electron chi connectivity index (χ0n) is 17.6. The Morgan fingerprint density at radius 2 is 2.00 bits per heavy atom. The minimum Gasteiger partial charge on any atom is -0.388 e. The topological polar surface area (TPSA) is 76.2 Å². The molecular formula is C23H29N5O2. The number of fused-ring (bicyclic) bond motifs is 3. The molecule has 2 fully saturated rings. The quantitative estimate of drug-likeness (QED) is 0.705. The van der Waals surface area contributed by atoms with Gasteiger partial charge in [0.25, 0.3) is 0 Å². The second kappa shape index (κ2) is 7.23. The summed E-state index contributed by atoms with van der Waals surface area (Å²) in [5.41, 5.74) is 0.248. The van der Waals surface area contributed by atoms with E-state index in [9.17, 15) is 9.90 Å². The second-order valence-electron chi connectivity index (χ2n) is 9.13. The molecule has 5 heterocycles. The van der Waals surface area contributed by atoms with Crippen molar-refractivity contribution in [2.75, 3.05) is 0 Å². The number of carbonyl (C=O) groups is 1. The van der Waals surface area contributed by atoms with Gasteiger partial charge in [0.1, 0.15) is 5.82 Å². The van der Waals surface area contributed by atoms with Crippen LogP contribution in [0.25, 0.3) is 10.9 Å². The monoisotopic (exact) mass is 407 g/mol. The Morgan fingerprint density at radius 3 is 2.70 bits per heavy atom. The van der Waals surface area contributed by atoms with E-state index in [1.807, 2.05) is 31.6 Å². The summed E-state index contributed by atoms with van der Waals surface area (Å²) in [5, 5.41) is 12.6. The largest absolute Gasteiger partial charge is 0.388 e. The molecule has 7 nitrogen and oxygen atoms in total. The summed E-state index contributed by atoms with van der Waals surface area (Å²) >= 11 is 0. The van der Waals surface area contributed by atoms with Crippen LogP contribution in [0.15, 0.2) is 43.1 Å². The highest BCUT2D eigenvalue weighted by atomic mass is 16.3. The highest BCUT2D eigenvalue weighted by Gasteiger charge is 2.49. The average Bonchev–Trinajstić information content (AvgIpc) is 3.39. The molecule has 2 aliphatic heterocycles. The van der Waals surface area contributed by atoms with Crippen LogP contribution in [0.5, 0.6) is 0 Å². The number of aromatic nitrogens is 4. The van der Waals surface area contributed by atoms with E-state index in [1.54, 1.807) is 12.4 Å². The number of pyridine rings is 1. The van der Waals surface area contributed by atoms with Gasteiger partial charge in [-0.05, 0) is 51.7 Å². The molecule has 0 radical (unpaired) electrons. The fraction of sp³-hybridized carbons (Fsp3) is 0.522. The number of piperidine rings is 1. The number of imidazole rings is 1. The average molecular weight is 408 g/mol. The summed E-state index contributed by atoms with van der Waals surface area (Å²) in [4.78, 5) is 23.8. The summed E-state index contributed by atoms with van der Waals surface area (Å²) in [6.45, 7) is 4.58. The minimum atomic E-state index is -0.795. The standard InChI is InChI=1S/C23H29N5O2/c1-16(27-10-8-25-17(27)2)11-22(29)28-19-3-4-20(28)13-23(30,12-19)15-26-9-6-18-5-7-24-14-21(18)26/h5-10,14,16,19-20,30H,3-4,11-13,15H2,1-2H3/t16-,19+,20+/m0/s1. The Bertz CT molecular complexity index is 1060. The van der Waals surface area contributed by atoms with Crippen LogP contribution in [-0.4, -0.2) is 52.7 Å². The molecule has 1 amide bonds. The Labute approximate surface area is 176 Å². The molecule has 0 aliphatic carbocycles. The third-order valence-electron chi connectivity index (χ3n) is 6.99. The Morgan fingerprint density at radius 1 is 1.23 bits per heavy atom. The van der Waals surface area contributed by atoms with E-state index < -0.39 is 5.60 Å². The van der Waals surface area contributed by atoms with Gasteiger partial charge in [-0.3, -0.25) is 9.78 Å². The molecule has 2 bridgehead atoms. The maximum Gasteiger partial charge on any atom is 0.225 e. The number of hydrogen-bond acceptors (Lipinski definition) is 4. The molecule has 2 aliphatic rings. The number of carbonyl (C=O) groups excluding carboxylic acids is 1. The van der Waals surface area contributed by atoms with E-state index in [2.05, 4.69) is 37.0 Å². The van der Waals surface area contributed by atoms with Crippen LogP contribution in [0.2, 0.25) is 0 Å². The Balaban J connectivity index is 1.29. The molecule has 0 spiro atoms. The van der Waals surface area contributed by atoms with E-state index in [1.165, 1.54) is 0 Å². The van der Waals surface area contributed by atoms with E-state index in [-0.39, 0.29) is 24.0 Å². The van der Waals surface area contributed by atoms with Crippen molar-refractivity contribution in [3.8, 4) is 0 Å². The number of aryl methyl sites for hydroxylation is 1. The molecule has 0 saturated carbocycles. The van der Waals surface area contributed by atoms with E-state index in [0.717, 1.165) is 29.6 Å². The van der Waals surface area contributed by atoms with E-state index >= 15 is 0 Å². The van der Waals surface area contributed by atoms with Gasteiger partial charge in [-0.1, -0.05) is 0 Å². The summed E-state index contributed by atoms with van der Waals surface area (Å²) in [7, 11) is 0. The fourth-order valence-electron chi connectivity index (χ4n) is 5.65. The summed E-state index contributed by atoms with van der Waals surface area (Å²) in [5.74, 6) is 1.13. The van der Waals surface area contributed by atoms with Crippen LogP contribution in [0.3, 0.4) is 0 Å². The molecule has 7 heteroatoms. The maximum atomic E-state index is 13.2. The third kappa shape index (κ3) is 3.31. The van der Waals surface area contributed by atoms with Crippen molar-refractivity contribution >= 4 is 16.8 Å². The lowest BCUT2D eigenvalue weighted by Gasteiger charge is -2.44. The predicted molar refractivity (Wildman–Crippen MR) is 114 cm³/mol. The van der Waals surface area contributed by atoms with Crippen molar-refractivity contribution in [2.24, 2.45) is 0 Å². The van der Waals surface area contributed by atoms with Crippen molar-refractivity contribution in [1.29, 1.82) is 0 Å². The van der Waals surface area contributed by atoms with Gasteiger partial charge >= 0.3 is 0 Å². The molecule has 5 rings (SSSR count). The lowest BCUT2D eigenvalue weighted by atomic mass is 9.85. The SMILES string of the molecule is Cc1nccn1[C@@H](C)CC(=O)N1[C@@H]2CC[C@@H]1CC(O)(Cn1ccc3ccncc31)C2. The Kier molecular flexibility index (Phi) is 4.65. The first-order chi connectivity index (χ1) is 14.4. The van der Waals surface area contributed by atoms with Gasteiger partial charge in [0.05, 0.1) is 23.9 Å². The van der Waals surface area contributed by atoms with Crippen LogP contribution >= 0.6 is 0 Å². The van der Waals surface area contributed by atoms with Crippen LogP contribution < -0.4 is 0 Å². The zero-order chi connectivity index (χ0) is 20.9. The lowest BCUT2D eigenvalue weighted by Crippen LogP contribution is -2.54. The smallest absolute Gasteiger partial charge is 0.225 e. The van der Waals surface area contributed by atoms with Gasteiger partial charge in [-0.15, -0.1) is 0 Å². The van der Waals surface area contributed by atoms with Crippen molar-refractivity contribution in [3.05, 3.63) is 48.9 Å². The molecule has 158 valence electrons. The van der Waals surface area contributed by atoms with Crippen LogP contribution in [0, 0.1) is 6.92 Å². The zero-order valence-corrected chi connectivity index (χ0v) is 17.6. The van der Waals surface area contributed by atoms with E-state index in [4.69, 9.17) is 0 Å². The van der Waals surface area contributed by atoms with E-state index in [0.29, 0.717) is 25.8 Å². The summed E-state index contributed by atoms with van der Waals surface area (Å²) < 4.78 is 4.16. The molecule has 0 unspecified atom stereocenters. The van der Waals surface area contributed by atoms with Gasteiger partial charge < -0.3 is 19.1 Å². The van der Waals surface area contributed by atoms with Crippen LogP contribution in [-0.2, 0) is 11.3 Å². The van der Waals surface area contributed by atoms with Crippen LogP contribution in [0.4, 0.5) is 0 Å². The molecule has 0 aromatic carbocycles. The molecule has 3 atom stereocenters. The normalized spacial score (nSPS) is 27.0. The molecule has 2 saturated heterocycles. The molecule has 3 aromatic rings. The lowest BCUT2D eigenvalue weighted by molar-refractivity contribution is -0.142. The maximum absolute atomic E-state index is 13.2. The number of hydrogen-bond donors (Lipinski definition) is 1. The van der Waals surface area contributed by atoms with Crippen molar-refractivity contribution in [1.82, 2.24) is 24.0 Å². The molecular weight excluding hydrogens is 378 g/mol. The number of nitrogens with zero attached hydrogens (tertiary/aromatic N) is 5. The van der Waals surface area contributed by atoms with Gasteiger partial charge in [0.15, 0.2) is 0 Å². The Hall–Kier alpha value is -2.67. The summed E-state index contributed by atoms with van der Waals surface area (Å²) in [6.07, 6.45) is 13.1. The molecule has 1 N–H and O–H groups in total. The first-order valence-corrected chi connectivity index (χ1v) is 10.9. The highest BCUT2D eigenvalue weighted by molar-refractivity contribution is 5.79. The number of aliphatic hydroxyl groups is 1. The van der Waals surface area contributed by atoms with Crippen molar-refractivity contribution in [3.63, 3.8) is 0 Å². The van der Waals surface area contributed by atoms with Crippen molar-refractivity contribution in [2.45, 2.75) is 76.2 Å². The highest BCUT2D eigenvalue weighted by Crippen LogP contribution is 2.42. The van der Waals surface area contributed by atoms with Gasteiger partial charge in [0.2, 0.25) is 5.91 Å². The minimum absolute atomic E-state index is 0.0824. The van der Waals surface area contributed by atoms with Gasteiger partial charge in [-0.25, -0.2) is 4.98 Å². The molecule has 30 heavy (non-hydrogen) atoms. The van der Waals surface area contributed by atoms with Gasteiger partial charge in [-0.2, -0.15) is 0 Å². The number of amides is 1. The first-order valence-electron chi connectivity index (χ1n) is 10.9. The second-order valence-corrected chi connectivity index (χ2v) is 9.13. The van der Waals surface area contributed by atoms with Gasteiger partial charge in [0, 0.05) is 54.7 Å². The first kappa shape index (κ1) is 19.3. The number of rotatable bonds is 5. The third-order valence-corrected chi connectivity index (χ3v) is 6.99. The van der Waals surface area contributed by atoms with Crippen molar-refractivity contribution < 1.29 is 9.90 Å². The predicted octanol–water partition coefficient (Wildman–Crippen LogP) is 3.08. The molecule has 3 aromatic heterocycles. The fourth-order valence-corrected chi connectivity index (χ4v) is 5.65.